The number of amides is 1. The summed E-state index contributed by atoms with van der Waals surface area (Å²) in [4.78, 5) is 12.0. The summed E-state index contributed by atoms with van der Waals surface area (Å²) < 4.78 is 18.2. The number of carbonyl (C=O) groups excluding carboxylic acids is 1. The molecule has 0 saturated heterocycles. The maximum absolute atomic E-state index is 12.0. The molecule has 2 rings (SSSR count). The van der Waals surface area contributed by atoms with Gasteiger partial charge in [-0.25, -0.2) is 0 Å². The van der Waals surface area contributed by atoms with Crippen LogP contribution in [0, 0.1) is 3.57 Å². The molecular formula is C22H31IN2O4. The van der Waals surface area contributed by atoms with Crippen LogP contribution in [0.2, 0.25) is 0 Å². The average molecular weight is 514 g/mol. The van der Waals surface area contributed by atoms with Gasteiger partial charge in [-0.2, -0.15) is 0 Å². The van der Waals surface area contributed by atoms with E-state index < -0.39 is 0 Å². The monoisotopic (exact) mass is 514 g/mol. The lowest BCUT2D eigenvalue weighted by Crippen LogP contribution is -2.18. The number of carbonyl (C=O) groups is 1. The van der Waals surface area contributed by atoms with Gasteiger partial charge in [0, 0.05) is 18.7 Å². The Labute approximate surface area is 186 Å². The van der Waals surface area contributed by atoms with Gasteiger partial charge in [-0.15, -0.1) is 0 Å². The molecule has 0 unspecified atom stereocenters. The molecule has 1 N–H and O–H groups in total. The molecule has 0 atom stereocenters. The summed E-state index contributed by atoms with van der Waals surface area (Å²) in [6, 6.07) is 4.02. The summed E-state index contributed by atoms with van der Waals surface area (Å²) in [6.07, 6.45) is 4.08. The van der Waals surface area contributed by atoms with Crippen LogP contribution in [0.1, 0.15) is 75.4 Å². The summed E-state index contributed by atoms with van der Waals surface area (Å²) in [5, 5.41) is 6.77. The zero-order valence-electron chi connectivity index (χ0n) is 17.9. The van der Waals surface area contributed by atoms with E-state index in [9.17, 15) is 4.79 Å². The molecule has 1 aromatic heterocycles. The van der Waals surface area contributed by atoms with Crippen LogP contribution in [-0.4, -0.2) is 31.3 Å². The van der Waals surface area contributed by atoms with Gasteiger partial charge >= 0.3 is 0 Å². The van der Waals surface area contributed by atoms with Gasteiger partial charge in [0.15, 0.2) is 0 Å². The summed E-state index contributed by atoms with van der Waals surface area (Å²) >= 11 is 2.10. The minimum absolute atomic E-state index is 0.206. The number of unbranched alkanes of at least 4 members (excludes halogenated alkanes) is 2. The van der Waals surface area contributed by atoms with Gasteiger partial charge in [0.1, 0.15) is 17.2 Å². The molecule has 0 aliphatic heterocycles. The molecule has 2 aromatic rings. The molecule has 0 bridgehead atoms. The lowest BCUT2D eigenvalue weighted by atomic mass is 9.97. The highest BCUT2D eigenvalue weighted by atomic mass is 127. The number of ether oxygens (including phenoxy) is 2. The van der Waals surface area contributed by atoms with Crippen molar-refractivity contribution in [3.8, 4) is 22.8 Å². The number of halogens is 1. The maximum Gasteiger partial charge on any atom is 0.290 e. The van der Waals surface area contributed by atoms with Crippen molar-refractivity contribution in [1.29, 1.82) is 0 Å². The van der Waals surface area contributed by atoms with Crippen molar-refractivity contribution in [2.75, 3.05) is 20.3 Å². The molecule has 1 aromatic carbocycles. The van der Waals surface area contributed by atoms with Crippen LogP contribution < -0.4 is 14.8 Å². The average Bonchev–Trinajstić information content (AvgIpc) is 3.09. The Morgan fingerprint density at radius 2 is 1.76 bits per heavy atom. The van der Waals surface area contributed by atoms with Crippen molar-refractivity contribution in [2.45, 2.75) is 59.3 Å². The summed E-state index contributed by atoms with van der Waals surface area (Å²) in [7, 11) is 1.57. The van der Waals surface area contributed by atoms with Gasteiger partial charge in [0.05, 0.1) is 16.8 Å². The largest absolute Gasteiger partial charge is 0.493 e. The molecular weight excluding hydrogens is 483 g/mol. The lowest BCUT2D eigenvalue weighted by Gasteiger charge is -2.19. The summed E-state index contributed by atoms with van der Waals surface area (Å²) in [5.41, 5.74) is 2.51. The van der Waals surface area contributed by atoms with E-state index in [1.54, 1.807) is 7.05 Å². The topological polar surface area (TPSA) is 73.6 Å². The molecule has 0 aliphatic rings. The second kappa shape index (κ2) is 11.4. The second-order valence-corrected chi connectivity index (χ2v) is 8.28. The van der Waals surface area contributed by atoms with Crippen LogP contribution in [0.25, 0.3) is 11.3 Å². The van der Waals surface area contributed by atoms with E-state index in [4.69, 9.17) is 14.0 Å². The Hall–Kier alpha value is -1.77. The number of rotatable bonds is 11. The van der Waals surface area contributed by atoms with Gasteiger partial charge in [-0.3, -0.25) is 4.79 Å². The predicted molar refractivity (Wildman–Crippen MR) is 123 cm³/mol. The third kappa shape index (κ3) is 5.87. The second-order valence-electron chi connectivity index (χ2n) is 7.20. The van der Waals surface area contributed by atoms with E-state index in [1.165, 1.54) is 0 Å². The summed E-state index contributed by atoms with van der Waals surface area (Å²) in [5.74, 6) is 1.71. The van der Waals surface area contributed by atoms with E-state index in [0.29, 0.717) is 28.2 Å². The fourth-order valence-electron chi connectivity index (χ4n) is 2.81. The molecule has 1 amide bonds. The minimum Gasteiger partial charge on any atom is -0.493 e. The molecule has 29 heavy (non-hydrogen) atoms. The highest BCUT2D eigenvalue weighted by molar-refractivity contribution is 14.1. The highest BCUT2D eigenvalue weighted by Crippen LogP contribution is 2.41. The van der Waals surface area contributed by atoms with Crippen molar-refractivity contribution in [2.24, 2.45) is 0 Å². The third-order valence-corrected chi connectivity index (χ3v) is 5.57. The van der Waals surface area contributed by atoms with E-state index in [1.807, 2.05) is 6.07 Å². The number of hydrogen-bond donors (Lipinski definition) is 1. The fraction of sp³-hybridized carbons (Fsp3) is 0.545. The van der Waals surface area contributed by atoms with Gasteiger partial charge < -0.3 is 19.3 Å². The normalized spacial score (nSPS) is 11.0. The first-order chi connectivity index (χ1) is 13.9. The van der Waals surface area contributed by atoms with E-state index in [-0.39, 0.29) is 17.6 Å². The Morgan fingerprint density at radius 3 is 2.31 bits per heavy atom. The molecule has 160 valence electrons. The first-order valence-electron chi connectivity index (χ1n) is 10.3. The Kier molecular flexibility index (Phi) is 9.26. The quantitative estimate of drug-likeness (QED) is 0.304. The van der Waals surface area contributed by atoms with Crippen molar-refractivity contribution in [1.82, 2.24) is 10.5 Å². The van der Waals surface area contributed by atoms with Crippen LogP contribution in [0.3, 0.4) is 0 Å². The van der Waals surface area contributed by atoms with Gasteiger partial charge in [-0.05, 0) is 53.0 Å². The summed E-state index contributed by atoms with van der Waals surface area (Å²) in [6.45, 7) is 9.81. The Bertz CT molecular complexity index is 817. The van der Waals surface area contributed by atoms with E-state index in [2.05, 4.69) is 66.8 Å². The minimum atomic E-state index is -0.301. The van der Waals surface area contributed by atoms with Crippen molar-refractivity contribution >= 4 is 28.5 Å². The number of hydrogen-bond acceptors (Lipinski definition) is 5. The van der Waals surface area contributed by atoms with E-state index >= 15 is 0 Å². The van der Waals surface area contributed by atoms with Crippen molar-refractivity contribution < 1.29 is 18.8 Å². The standard InChI is InChI=1S/C22H31IN2O4/c1-6-8-10-27-17-13-18(28-11-9-7-2)16(12-15(17)14(3)4)20-19(23)21(29-25-20)22(26)24-5/h12-14H,6-11H2,1-5H3,(H,24,26). The van der Waals surface area contributed by atoms with Crippen LogP contribution >= 0.6 is 22.6 Å². The molecule has 0 aliphatic carbocycles. The molecule has 7 heteroatoms. The van der Waals surface area contributed by atoms with Gasteiger partial charge in [-0.1, -0.05) is 45.7 Å². The number of benzene rings is 1. The van der Waals surface area contributed by atoms with Crippen molar-refractivity contribution in [3.63, 3.8) is 0 Å². The molecule has 0 fully saturated rings. The predicted octanol–water partition coefficient (Wildman–Crippen LogP) is 5.79. The molecule has 1 heterocycles. The molecule has 0 saturated carbocycles. The first-order valence-corrected chi connectivity index (χ1v) is 11.3. The highest BCUT2D eigenvalue weighted by Gasteiger charge is 2.25. The number of nitrogens with one attached hydrogen (secondary N) is 1. The van der Waals surface area contributed by atoms with Crippen LogP contribution in [0.5, 0.6) is 11.5 Å². The fourth-order valence-corrected chi connectivity index (χ4v) is 3.54. The van der Waals surface area contributed by atoms with Crippen LogP contribution in [-0.2, 0) is 0 Å². The van der Waals surface area contributed by atoms with E-state index in [0.717, 1.165) is 42.6 Å². The Balaban J connectivity index is 2.54. The van der Waals surface area contributed by atoms with Crippen molar-refractivity contribution in [3.05, 3.63) is 27.0 Å². The van der Waals surface area contributed by atoms with Gasteiger partial charge in [0.2, 0.25) is 5.76 Å². The Morgan fingerprint density at radius 1 is 1.14 bits per heavy atom. The maximum atomic E-state index is 12.0. The molecule has 0 radical (unpaired) electrons. The first kappa shape index (κ1) is 23.5. The number of nitrogens with zero attached hydrogens (tertiary/aromatic N) is 1. The zero-order valence-corrected chi connectivity index (χ0v) is 20.1. The van der Waals surface area contributed by atoms with Gasteiger partial charge in [0.25, 0.3) is 5.91 Å². The molecule has 0 spiro atoms. The zero-order chi connectivity index (χ0) is 21.4. The lowest BCUT2D eigenvalue weighted by molar-refractivity contribution is 0.0925. The smallest absolute Gasteiger partial charge is 0.290 e. The SMILES string of the molecule is CCCCOc1cc(OCCCC)c(C(C)C)cc1-c1noc(C(=O)NC)c1I. The molecule has 6 nitrogen and oxygen atoms in total. The van der Waals surface area contributed by atoms with Crippen LogP contribution in [0.15, 0.2) is 16.7 Å². The number of aromatic nitrogens is 1. The third-order valence-electron chi connectivity index (χ3n) is 4.57. The van der Waals surface area contributed by atoms with Crippen LogP contribution in [0.4, 0.5) is 0 Å².